The number of anilines is 1. The molecule has 0 unspecified atom stereocenters. The summed E-state index contributed by atoms with van der Waals surface area (Å²) in [7, 11) is -2.02. The zero-order chi connectivity index (χ0) is 13.9. The molecular weight excluding hydrogens is 258 g/mol. The Morgan fingerprint density at radius 2 is 2.06 bits per heavy atom. The Balaban J connectivity index is 3.50. The molecule has 0 saturated carbocycles. The molecule has 7 nitrogen and oxygen atoms in total. The van der Waals surface area contributed by atoms with Crippen LogP contribution in [0.15, 0.2) is 23.1 Å². The Morgan fingerprint density at radius 1 is 1.44 bits per heavy atom. The molecule has 8 heteroatoms. The number of nitrogens with two attached hydrogens (primary N) is 1. The fourth-order valence-corrected chi connectivity index (χ4v) is 2.47. The topological polar surface area (TPSA) is 107 Å². The van der Waals surface area contributed by atoms with Gasteiger partial charge in [0.1, 0.15) is 10.6 Å². The van der Waals surface area contributed by atoms with Gasteiger partial charge < -0.3 is 10.6 Å². The third kappa shape index (κ3) is 2.96. The van der Waals surface area contributed by atoms with Gasteiger partial charge in [0.25, 0.3) is 0 Å². The van der Waals surface area contributed by atoms with Gasteiger partial charge in [-0.1, -0.05) is 6.07 Å². The van der Waals surface area contributed by atoms with Crippen LogP contribution in [0.2, 0.25) is 0 Å². The van der Waals surface area contributed by atoms with Crippen LogP contribution in [-0.4, -0.2) is 39.7 Å². The standard InChI is InChI=1S/C10H15N3O4S/c1-12(7-6-11)8-4-3-5-9(18(2,16)17)10(8)13(14)15/h3-5H,6-7,11H2,1-2H3. The molecule has 0 aliphatic rings. The summed E-state index contributed by atoms with van der Waals surface area (Å²) >= 11 is 0. The van der Waals surface area contributed by atoms with Crippen molar-refractivity contribution >= 4 is 21.2 Å². The molecule has 1 aromatic carbocycles. The van der Waals surface area contributed by atoms with Crippen LogP contribution in [0.5, 0.6) is 0 Å². The second kappa shape index (κ2) is 5.32. The minimum Gasteiger partial charge on any atom is -0.368 e. The molecule has 0 aliphatic carbocycles. The van der Waals surface area contributed by atoms with E-state index in [9.17, 15) is 18.5 Å². The summed E-state index contributed by atoms with van der Waals surface area (Å²) < 4.78 is 23.1. The molecule has 1 rings (SSSR count). The number of sulfone groups is 1. The summed E-state index contributed by atoms with van der Waals surface area (Å²) in [5.74, 6) is 0. The van der Waals surface area contributed by atoms with Crippen molar-refractivity contribution in [2.24, 2.45) is 5.73 Å². The van der Waals surface area contributed by atoms with Crippen molar-refractivity contribution in [1.82, 2.24) is 0 Å². The van der Waals surface area contributed by atoms with Gasteiger partial charge in [-0.05, 0) is 12.1 Å². The van der Waals surface area contributed by atoms with E-state index in [1.54, 1.807) is 11.9 Å². The monoisotopic (exact) mass is 273 g/mol. The Morgan fingerprint density at radius 3 is 2.50 bits per heavy atom. The van der Waals surface area contributed by atoms with Gasteiger partial charge >= 0.3 is 5.69 Å². The number of nitrogens with zero attached hydrogens (tertiary/aromatic N) is 2. The molecule has 1 aromatic rings. The van der Waals surface area contributed by atoms with Gasteiger partial charge in [-0.2, -0.15) is 0 Å². The second-order valence-corrected chi connectivity index (χ2v) is 5.85. The van der Waals surface area contributed by atoms with E-state index in [1.807, 2.05) is 0 Å². The molecule has 0 saturated heterocycles. The van der Waals surface area contributed by atoms with Crippen LogP contribution >= 0.6 is 0 Å². The van der Waals surface area contributed by atoms with Crippen molar-refractivity contribution in [1.29, 1.82) is 0 Å². The summed E-state index contributed by atoms with van der Waals surface area (Å²) in [4.78, 5) is 11.7. The Labute approximate surface area is 105 Å². The van der Waals surface area contributed by atoms with E-state index in [1.165, 1.54) is 18.2 Å². The van der Waals surface area contributed by atoms with Gasteiger partial charge in [0.05, 0.1) is 4.92 Å². The van der Waals surface area contributed by atoms with Crippen LogP contribution < -0.4 is 10.6 Å². The van der Waals surface area contributed by atoms with E-state index in [4.69, 9.17) is 5.73 Å². The maximum atomic E-state index is 11.5. The molecule has 0 atom stereocenters. The fourth-order valence-electron chi connectivity index (χ4n) is 1.62. The van der Waals surface area contributed by atoms with Crippen molar-refractivity contribution in [3.63, 3.8) is 0 Å². The van der Waals surface area contributed by atoms with E-state index in [-0.39, 0.29) is 10.6 Å². The number of benzene rings is 1. The van der Waals surface area contributed by atoms with Crippen molar-refractivity contribution in [3.8, 4) is 0 Å². The minimum absolute atomic E-state index is 0.244. The summed E-state index contributed by atoms with van der Waals surface area (Å²) in [6.07, 6.45) is 0.946. The first-order valence-corrected chi connectivity index (χ1v) is 7.07. The number of rotatable bonds is 5. The number of nitro benzene ring substituents is 1. The van der Waals surface area contributed by atoms with Gasteiger partial charge in [-0.25, -0.2) is 8.42 Å². The largest absolute Gasteiger partial charge is 0.368 e. The highest BCUT2D eigenvalue weighted by atomic mass is 32.2. The van der Waals surface area contributed by atoms with Gasteiger partial charge in [0, 0.05) is 26.4 Å². The highest BCUT2D eigenvalue weighted by Gasteiger charge is 2.27. The summed E-state index contributed by atoms with van der Waals surface area (Å²) in [5.41, 5.74) is 5.22. The van der Waals surface area contributed by atoms with Crippen molar-refractivity contribution < 1.29 is 13.3 Å². The molecular formula is C10H15N3O4S. The minimum atomic E-state index is -3.65. The molecule has 0 spiro atoms. The smallest absolute Gasteiger partial charge is 0.311 e. The molecule has 100 valence electrons. The number of para-hydroxylation sites is 1. The predicted octanol–water partition coefficient (Wildman–Crippen LogP) is 0.393. The van der Waals surface area contributed by atoms with Gasteiger partial charge in [-0.3, -0.25) is 10.1 Å². The highest BCUT2D eigenvalue weighted by Crippen LogP contribution is 2.33. The lowest BCUT2D eigenvalue weighted by Crippen LogP contribution is -2.26. The predicted molar refractivity (Wildman–Crippen MR) is 68.5 cm³/mol. The lowest BCUT2D eigenvalue weighted by molar-refractivity contribution is -0.387. The average molecular weight is 273 g/mol. The van der Waals surface area contributed by atoms with Gasteiger partial charge in [-0.15, -0.1) is 0 Å². The first kappa shape index (κ1) is 14.4. The third-order valence-corrected chi connectivity index (χ3v) is 3.56. The lowest BCUT2D eigenvalue weighted by Gasteiger charge is -2.18. The summed E-state index contributed by atoms with van der Waals surface area (Å²) in [6.45, 7) is 0.713. The lowest BCUT2D eigenvalue weighted by atomic mass is 10.2. The van der Waals surface area contributed by atoms with Crippen molar-refractivity contribution in [2.45, 2.75) is 4.90 Å². The molecule has 0 fully saturated rings. The van der Waals surface area contributed by atoms with Crippen molar-refractivity contribution in [2.75, 3.05) is 31.3 Å². The average Bonchev–Trinajstić information content (AvgIpc) is 2.27. The number of nitro groups is 1. The maximum Gasteiger partial charge on any atom is 0.311 e. The Hall–Kier alpha value is -1.67. The molecule has 0 radical (unpaired) electrons. The molecule has 0 aliphatic heterocycles. The van der Waals surface area contributed by atoms with E-state index < -0.39 is 20.4 Å². The normalized spacial score (nSPS) is 11.3. The van der Waals surface area contributed by atoms with Crippen LogP contribution in [0, 0.1) is 10.1 Å². The SMILES string of the molecule is CN(CCN)c1cccc(S(C)(=O)=O)c1[N+](=O)[O-]. The number of hydrogen-bond donors (Lipinski definition) is 1. The molecule has 0 amide bonds. The van der Waals surface area contributed by atoms with Crippen LogP contribution in [-0.2, 0) is 9.84 Å². The van der Waals surface area contributed by atoms with Crippen molar-refractivity contribution in [3.05, 3.63) is 28.3 Å². The Bertz CT molecular complexity index is 556. The number of hydrogen-bond acceptors (Lipinski definition) is 6. The van der Waals surface area contributed by atoms with Crippen LogP contribution in [0.3, 0.4) is 0 Å². The Kier molecular flexibility index (Phi) is 4.25. The van der Waals surface area contributed by atoms with Crippen LogP contribution in [0.4, 0.5) is 11.4 Å². The van der Waals surface area contributed by atoms with E-state index >= 15 is 0 Å². The zero-order valence-electron chi connectivity index (χ0n) is 10.2. The molecule has 0 aromatic heterocycles. The quantitative estimate of drug-likeness (QED) is 0.614. The molecule has 2 N–H and O–H groups in total. The third-order valence-electron chi connectivity index (χ3n) is 2.44. The first-order valence-electron chi connectivity index (χ1n) is 5.17. The number of likely N-dealkylation sites (N-methyl/N-ethyl adjacent to an activating group) is 1. The molecule has 0 bridgehead atoms. The maximum absolute atomic E-state index is 11.5. The van der Waals surface area contributed by atoms with Crippen LogP contribution in [0.25, 0.3) is 0 Å². The molecule has 0 heterocycles. The zero-order valence-corrected chi connectivity index (χ0v) is 11.0. The van der Waals surface area contributed by atoms with Gasteiger partial charge in [0.2, 0.25) is 0 Å². The fraction of sp³-hybridized carbons (Fsp3) is 0.400. The van der Waals surface area contributed by atoms with E-state index in [0.29, 0.717) is 13.1 Å². The van der Waals surface area contributed by atoms with Gasteiger partial charge in [0.15, 0.2) is 9.84 Å². The second-order valence-electron chi connectivity index (χ2n) is 3.86. The summed E-state index contributed by atoms with van der Waals surface area (Å²) in [6, 6.07) is 4.21. The van der Waals surface area contributed by atoms with E-state index in [0.717, 1.165) is 6.26 Å². The van der Waals surface area contributed by atoms with Crippen LogP contribution in [0.1, 0.15) is 0 Å². The highest BCUT2D eigenvalue weighted by molar-refractivity contribution is 7.90. The first-order chi connectivity index (χ1) is 8.29. The van der Waals surface area contributed by atoms with E-state index in [2.05, 4.69) is 0 Å². The molecule has 18 heavy (non-hydrogen) atoms. The summed E-state index contributed by atoms with van der Waals surface area (Å²) in [5, 5.41) is 11.1.